The van der Waals surface area contributed by atoms with Crippen molar-refractivity contribution in [2.45, 2.75) is 34.1 Å². The second-order valence-corrected chi connectivity index (χ2v) is 9.28. The topological polar surface area (TPSA) is 120 Å². The summed E-state index contributed by atoms with van der Waals surface area (Å²) in [6, 6.07) is 7.30. The molecule has 188 valence electrons. The van der Waals surface area contributed by atoms with Crippen LogP contribution in [0, 0.1) is 18.8 Å². The molecule has 2 aromatic heterocycles. The van der Waals surface area contributed by atoms with E-state index in [1.165, 1.54) is 7.11 Å². The number of halogens is 1. The van der Waals surface area contributed by atoms with Gasteiger partial charge in [0.2, 0.25) is 11.7 Å². The molecule has 2 heterocycles. The van der Waals surface area contributed by atoms with Crippen LogP contribution in [0.4, 0.5) is 0 Å². The van der Waals surface area contributed by atoms with Crippen LogP contribution in [-0.4, -0.2) is 53.0 Å². The van der Waals surface area contributed by atoms with Crippen LogP contribution in [0.2, 0.25) is 5.02 Å². The van der Waals surface area contributed by atoms with Gasteiger partial charge in [0, 0.05) is 35.0 Å². The van der Waals surface area contributed by atoms with Crippen LogP contribution < -0.4 is 14.8 Å². The number of hydrogen-bond donors (Lipinski definition) is 2. The van der Waals surface area contributed by atoms with Gasteiger partial charge in [-0.05, 0) is 43.5 Å². The first-order chi connectivity index (χ1) is 16.7. The maximum Gasteiger partial charge on any atom is 0.258 e. The Morgan fingerprint density at radius 1 is 1.17 bits per heavy atom. The van der Waals surface area contributed by atoms with Gasteiger partial charge in [-0.2, -0.15) is 4.98 Å². The van der Waals surface area contributed by atoms with Gasteiger partial charge in [0.25, 0.3) is 5.89 Å². The largest absolute Gasteiger partial charge is 0.493 e. The summed E-state index contributed by atoms with van der Waals surface area (Å²) in [4.78, 5) is 20.4. The molecule has 1 aromatic carbocycles. The third-order valence-electron chi connectivity index (χ3n) is 5.09. The number of rotatable bonds is 11. The Morgan fingerprint density at radius 3 is 2.63 bits per heavy atom. The standard InChI is InChI=1S/C25H31ClN4O5/c1-14(2)6-19-8-18(7-16(4)28-19)25-29-24(30-35-25)17-9-20(26)23(21(10-17)33-5)34-13-15(3)11-27-22(32)12-31/h7-10,14-15,31H,6,11-13H2,1-5H3,(H,27,32). The normalized spacial score (nSPS) is 12.0. The van der Waals surface area contributed by atoms with Crippen LogP contribution in [0.5, 0.6) is 11.5 Å². The second kappa shape index (κ2) is 12.0. The van der Waals surface area contributed by atoms with E-state index in [9.17, 15) is 4.79 Å². The highest BCUT2D eigenvalue weighted by molar-refractivity contribution is 6.32. The number of carbonyl (C=O) groups is 1. The van der Waals surface area contributed by atoms with Gasteiger partial charge >= 0.3 is 0 Å². The fraction of sp³-hybridized carbons (Fsp3) is 0.440. The highest BCUT2D eigenvalue weighted by Gasteiger charge is 2.19. The van der Waals surface area contributed by atoms with Crippen LogP contribution in [0.3, 0.4) is 0 Å². The van der Waals surface area contributed by atoms with Gasteiger partial charge in [0.15, 0.2) is 11.5 Å². The number of nitrogens with zero attached hydrogens (tertiary/aromatic N) is 3. The van der Waals surface area contributed by atoms with E-state index >= 15 is 0 Å². The maximum absolute atomic E-state index is 11.2. The number of benzene rings is 1. The molecule has 1 atom stereocenters. The van der Waals surface area contributed by atoms with Crippen LogP contribution >= 0.6 is 11.6 Å². The van der Waals surface area contributed by atoms with Crippen molar-refractivity contribution < 1.29 is 23.9 Å². The Hall–Kier alpha value is -3.17. The molecule has 0 aliphatic carbocycles. The Morgan fingerprint density at radius 2 is 1.94 bits per heavy atom. The molecule has 3 aromatic rings. The summed E-state index contributed by atoms with van der Waals surface area (Å²) in [6.45, 7) is 8.23. The smallest absolute Gasteiger partial charge is 0.258 e. The Labute approximate surface area is 209 Å². The minimum Gasteiger partial charge on any atom is -0.493 e. The van der Waals surface area contributed by atoms with E-state index in [0.29, 0.717) is 46.3 Å². The van der Waals surface area contributed by atoms with Crippen LogP contribution in [0.1, 0.15) is 32.2 Å². The zero-order valence-corrected chi connectivity index (χ0v) is 21.3. The highest BCUT2D eigenvalue weighted by Crippen LogP contribution is 2.39. The Kier molecular flexibility index (Phi) is 9.06. The van der Waals surface area contributed by atoms with Crippen molar-refractivity contribution in [2.75, 3.05) is 26.9 Å². The van der Waals surface area contributed by atoms with Crippen LogP contribution in [0.15, 0.2) is 28.8 Å². The fourth-order valence-electron chi connectivity index (χ4n) is 3.46. The summed E-state index contributed by atoms with van der Waals surface area (Å²) >= 11 is 6.51. The van der Waals surface area contributed by atoms with Crippen molar-refractivity contribution in [3.05, 3.63) is 40.7 Å². The molecule has 0 bridgehead atoms. The van der Waals surface area contributed by atoms with Crippen molar-refractivity contribution in [1.82, 2.24) is 20.4 Å². The first kappa shape index (κ1) is 26.4. The third-order valence-corrected chi connectivity index (χ3v) is 5.37. The molecule has 35 heavy (non-hydrogen) atoms. The summed E-state index contributed by atoms with van der Waals surface area (Å²) in [7, 11) is 1.52. The zero-order chi connectivity index (χ0) is 25.5. The van der Waals surface area contributed by atoms with Gasteiger partial charge in [0.1, 0.15) is 6.61 Å². The molecule has 0 saturated carbocycles. The molecule has 2 N–H and O–H groups in total. The lowest BCUT2D eigenvalue weighted by Gasteiger charge is -2.17. The molecule has 0 aliphatic heterocycles. The molecule has 0 spiro atoms. The van der Waals surface area contributed by atoms with Crippen molar-refractivity contribution in [3.63, 3.8) is 0 Å². The summed E-state index contributed by atoms with van der Waals surface area (Å²) in [5.41, 5.74) is 3.29. The number of aliphatic hydroxyl groups excluding tert-OH is 1. The summed E-state index contributed by atoms with van der Waals surface area (Å²) < 4.78 is 16.9. The lowest BCUT2D eigenvalue weighted by Crippen LogP contribution is -2.32. The van der Waals surface area contributed by atoms with E-state index in [2.05, 4.69) is 34.3 Å². The molecule has 0 radical (unpaired) electrons. The van der Waals surface area contributed by atoms with Gasteiger partial charge in [-0.15, -0.1) is 0 Å². The first-order valence-electron chi connectivity index (χ1n) is 11.4. The number of methoxy groups -OCH3 is 1. The molecule has 9 nitrogen and oxygen atoms in total. The summed E-state index contributed by atoms with van der Waals surface area (Å²) in [6.07, 6.45) is 0.858. The molecule has 3 rings (SSSR count). The van der Waals surface area contributed by atoms with E-state index < -0.39 is 12.5 Å². The number of amides is 1. The number of nitrogens with one attached hydrogen (secondary N) is 1. The SMILES string of the molecule is COc1cc(-c2noc(-c3cc(C)nc(CC(C)C)c3)n2)cc(Cl)c1OCC(C)CNC(=O)CO. The molecule has 0 saturated heterocycles. The molecule has 0 aliphatic rings. The average molecular weight is 503 g/mol. The molecule has 10 heteroatoms. The van der Waals surface area contributed by atoms with Crippen LogP contribution in [0.25, 0.3) is 22.8 Å². The maximum atomic E-state index is 11.2. The number of pyridine rings is 1. The van der Waals surface area contributed by atoms with E-state index in [1.807, 2.05) is 26.0 Å². The average Bonchev–Trinajstić information content (AvgIpc) is 3.31. The lowest BCUT2D eigenvalue weighted by molar-refractivity contribution is -0.124. The van der Waals surface area contributed by atoms with Crippen LogP contribution in [-0.2, 0) is 11.2 Å². The molecule has 1 unspecified atom stereocenters. The Bertz CT molecular complexity index is 1160. The van der Waals surface area contributed by atoms with Crippen molar-refractivity contribution >= 4 is 17.5 Å². The van der Waals surface area contributed by atoms with E-state index in [0.717, 1.165) is 23.4 Å². The predicted octanol–water partition coefficient (Wildman–Crippen LogP) is 4.09. The van der Waals surface area contributed by atoms with Gasteiger partial charge in [-0.3, -0.25) is 9.78 Å². The van der Waals surface area contributed by atoms with Gasteiger partial charge in [-0.25, -0.2) is 0 Å². The van der Waals surface area contributed by atoms with E-state index in [4.69, 9.17) is 30.7 Å². The molecular weight excluding hydrogens is 472 g/mol. The third kappa shape index (κ3) is 7.16. The number of ether oxygens (including phenoxy) is 2. The predicted molar refractivity (Wildman–Crippen MR) is 133 cm³/mol. The Balaban J connectivity index is 1.79. The molecule has 1 amide bonds. The van der Waals surface area contributed by atoms with Gasteiger partial charge < -0.3 is 24.4 Å². The number of aromatic nitrogens is 3. The monoisotopic (exact) mass is 502 g/mol. The summed E-state index contributed by atoms with van der Waals surface area (Å²) in [5, 5.41) is 15.9. The number of carbonyl (C=O) groups excluding carboxylic acids is 1. The number of aryl methyl sites for hydroxylation is 1. The quantitative estimate of drug-likeness (QED) is 0.402. The highest BCUT2D eigenvalue weighted by atomic mass is 35.5. The van der Waals surface area contributed by atoms with E-state index in [-0.39, 0.29) is 12.5 Å². The van der Waals surface area contributed by atoms with Crippen molar-refractivity contribution in [3.8, 4) is 34.3 Å². The van der Waals surface area contributed by atoms with Gasteiger partial charge in [-0.1, -0.05) is 37.5 Å². The lowest BCUT2D eigenvalue weighted by atomic mass is 10.1. The fourth-order valence-corrected chi connectivity index (χ4v) is 3.72. The zero-order valence-electron chi connectivity index (χ0n) is 20.6. The minimum atomic E-state index is -0.549. The molecular formula is C25H31ClN4O5. The summed E-state index contributed by atoms with van der Waals surface area (Å²) in [5.74, 6) is 1.59. The number of hydrogen-bond acceptors (Lipinski definition) is 8. The van der Waals surface area contributed by atoms with Gasteiger partial charge in [0.05, 0.1) is 18.7 Å². The van der Waals surface area contributed by atoms with E-state index in [1.54, 1.807) is 12.1 Å². The first-order valence-corrected chi connectivity index (χ1v) is 11.8. The second-order valence-electron chi connectivity index (χ2n) is 8.88. The van der Waals surface area contributed by atoms with Crippen molar-refractivity contribution in [2.24, 2.45) is 11.8 Å². The molecule has 0 fully saturated rings. The minimum absolute atomic E-state index is 0.0184. The number of aliphatic hydroxyl groups is 1. The van der Waals surface area contributed by atoms with Crippen molar-refractivity contribution in [1.29, 1.82) is 0 Å².